The number of alkyl halides is 2. The summed E-state index contributed by atoms with van der Waals surface area (Å²) in [5.74, 6) is -3.87. The van der Waals surface area contributed by atoms with Gasteiger partial charge < -0.3 is 10.8 Å². The van der Waals surface area contributed by atoms with E-state index in [0.717, 1.165) is 6.07 Å². The molecule has 0 aliphatic heterocycles. The highest BCUT2D eigenvalue weighted by Crippen LogP contribution is 2.29. The van der Waals surface area contributed by atoms with Gasteiger partial charge in [-0.1, -0.05) is 12.1 Å². The van der Waals surface area contributed by atoms with Crippen LogP contribution in [0.25, 0.3) is 0 Å². The number of aliphatic hydroxyl groups excluding tert-OH is 1. The van der Waals surface area contributed by atoms with E-state index < -0.39 is 24.4 Å². The van der Waals surface area contributed by atoms with Crippen LogP contribution in [0.3, 0.4) is 0 Å². The van der Waals surface area contributed by atoms with Gasteiger partial charge in [0.25, 0.3) is 5.92 Å². The van der Waals surface area contributed by atoms with Crippen molar-refractivity contribution in [3.8, 4) is 0 Å². The molecule has 5 heteroatoms. The molecule has 1 atom stereocenters. The lowest BCUT2D eigenvalue weighted by Crippen LogP contribution is -2.36. The first-order valence-electron chi connectivity index (χ1n) is 4.39. The third-order valence-corrected chi connectivity index (χ3v) is 2.21. The number of aliphatic hydroxyl groups is 1. The molecule has 0 aliphatic rings. The molecule has 0 saturated heterocycles. The molecule has 0 bridgehead atoms. The summed E-state index contributed by atoms with van der Waals surface area (Å²) in [4.78, 5) is 0. The van der Waals surface area contributed by atoms with E-state index in [-0.39, 0.29) is 11.1 Å². The Balaban J connectivity index is 3.02. The van der Waals surface area contributed by atoms with Gasteiger partial charge in [0.2, 0.25) is 0 Å². The summed E-state index contributed by atoms with van der Waals surface area (Å²) < 4.78 is 38.9. The molecule has 0 aliphatic carbocycles. The summed E-state index contributed by atoms with van der Waals surface area (Å²) in [7, 11) is 0. The van der Waals surface area contributed by atoms with Gasteiger partial charge in [0, 0.05) is 0 Å². The Hall–Kier alpha value is -1.07. The van der Waals surface area contributed by atoms with Gasteiger partial charge in [-0.3, -0.25) is 0 Å². The number of halogens is 3. The Morgan fingerprint density at radius 3 is 2.53 bits per heavy atom. The number of nitrogens with two attached hydrogens (primary N) is 1. The zero-order valence-corrected chi connectivity index (χ0v) is 8.17. The van der Waals surface area contributed by atoms with Crippen molar-refractivity contribution in [3.63, 3.8) is 0 Å². The Labute approximate surface area is 85.5 Å². The fourth-order valence-corrected chi connectivity index (χ4v) is 1.20. The molecule has 0 fully saturated rings. The highest BCUT2D eigenvalue weighted by molar-refractivity contribution is 5.27. The normalized spacial score (nSPS) is 14.0. The maximum atomic E-state index is 13.0. The van der Waals surface area contributed by atoms with Crippen LogP contribution in [0.5, 0.6) is 0 Å². The molecule has 84 valence electrons. The summed E-state index contributed by atoms with van der Waals surface area (Å²) >= 11 is 0. The first-order valence-corrected chi connectivity index (χ1v) is 4.39. The number of rotatable bonds is 3. The molecule has 0 saturated carbocycles. The van der Waals surface area contributed by atoms with E-state index in [2.05, 4.69) is 0 Å². The van der Waals surface area contributed by atoms with E-state index in [1.807, 2.05) is 0 Å². The SMILES string of the molecule is Cc1cc([C@H](N)C(F)(F)CO)ccc1F. The summed E-state index contributed by atoms with van der Waals surface area (Å²) in [5.41, 5.74) is 5.62. The van der Waals surface area contributed by atoms with Gasteiger partial charge in [-0.05, 0) is 24.1 Å². The van der Waals surface area contributed by atoms with E-state index in [9.17, 15) is 13.2 Å². The minimum absolute atomic E-state index is 0.105. The average Bonchev–Trinajstić information content (AvgIpc) is 2.21. The zero-order valence-electron chi connectivity index (χ0n) is 8.17. The third kappa shape index (κ3) is 2.49. The van der Waals surface area contributed by atoms with Crippen LogP contribution in [0, 0.1) is 12.7 Å². The molecule has 1 rings (SSSR count). The number of aryl methyl sites for hydroxylation is 1. The minimum atomic E-state index is -3.40. The number of benzene rings is 1. The third-order valence-electron chi connectivity index (χ3n) is 2.21. The second-order valence-electron chi connectivity index (χ2n) is 3.41. The molecule has 15 heavy (non-hydrogen) atoms. The lowest BCUT2D eigenvalue weighted by molar-refractivity contribution is -0.0712. The van der Waals surface area contributed by atoms with E-state index in [1.165, 1.54) is 19.1 Å². The largest absolute Gasteiger partial charge is 0.390 e. The van der Waals surface area contributed by atoms with E-state index in [4.69, 9.17) is 10.8 Å². The summed E-state index contributed by atoms with van der Waals surface area (Å²) in [6.45, 7) is 0.132. The number of hydrogen-bond donors (Lipinski definition) is 2. The van der Waals surface area contributed by atoms with Crippen molar-refractivity contribution in [1.82, 2.24) is 0 Å². The topological polar surface area (TPSA) is 46.2 Å². The molecule has 0 amide bonds. The summed E-state index contributed by atoms with van der Waals surface area (Å²) in [6, 6.07) is 1.90. The summed E-state index contributed by atoms with van der Waals surface area (Å²) in [6.07, 6.45) is 0. The molecular weight excluding hydrogens is 207 g/mol. The van der Waals surface area contributed by atoms with Crippen molar-refractivity contribution in [2.24, 2.45) is 5.73 Å². The maximum Gasteiger partial charge on any atom is 0.289 e. The van der Waals surface area contributed by atoms with E-state index in [1.54, 1.807) is 0 Å². The molecular formula is C10H12F3NO. The fraction of sp³-hybridized carbons (Fsp3) is 0.400. The van der Waals surface area contributed by atoms with Gasteiger partial charge >= 0.3 is 0 Å². The maximum absolute atomic E-state index is 13.0. The lowest BCUT2D eigenvalue weighted by atomic mass is 10.00. The molecule has 3 N–H and O–H groups in total. The molecule has 0 spiro atoms. The van der Waals surface area contributed by atoms with Gasteiger partial charge in [0.1, 0.15) is 12.4 Å². The van der Waals surface area contributed by atoms with E-state index >= 15 is 0 Å². The molecule has 1 aromatic rings. The van der Waals surface area contributed by atoms with Crippen molar-refractivity contribution in [3.05, 3.63) is 35.1 Å². The number of hydrogen-bond acceptors (Lipinski definition) is 2. The minimum Gasteiger partial charge on any atom is -0.390 e. The van der Waals surface area contributed by atoms with Crippen LogP contribution in [0.1, 0.15) is 17.2 Å². The van der Waals surface area contributed by atoms with Crippen LogP contribution >= 0.6 is 0 Å². The van der Waals surface area contributed by atoms with Crippen LogP contribution in [-0.4, -0.2) is 17.6 Å². The molecule has 0 radical (unpaired) electrons. The highest BCUT2D eigenvalue weighted by Gasteiger charge is 2.37. The second-order valence-corrected chi connectivity index (χ2v) is 3.41. The first-order chi connectivity index (χ1) is 6.88. The van der Waals surface area contributed by atoms with Crippen molar-refractivity contribution >= 4 is 0 Å². The van der Waals surface area contributed by atoms with Crippen LogP contribution < -0.4 is 5.73 Å². The van der Waals surface area contributed by atoms with Crippen molar-refractivity contribution in [1.29, 1.82) is 0 Å². The Morgan fingerprint density at radius 2 is 2.07 bits per heavy atom. The Morgan fingerprint density at radius 1 is 1.47 bits per heavy atom. The van der Waals surface area contributed by atoms with Crippen molar-refractivity contribution in [2.45, 2.75) is 18.9 Å². The monoisotopic (exact) mass is 219 g/mol. The molecule has 2 nitrogen and oxygen atoms in total. The predicted octanol–water partition coefficient (Wildman–Crippen LogP) is 1.76. The Kier molecular flexibility index (Phi) is 3.36. The van der Waals surface area contributed by atoms with Gasteiger partial charge in [0.05, 0.1) is 6.04 Å². The van der Waals surface area contributed by atoms with Crippen LogP contribution in [0.15, 0.2) is 18.2 Å². The Bertz CT molecular complexity index is 355. The zero-order chi connectivity index (χ0) is 11.6. The van der Waals surface area contributed by atoms with Crippen molar-refractivity contribution in [2.75, 3.05) is 6.61 Å². The fourth-order valence-electron chi connectivity index (χ4n) is 1.20. The molecule has 0 heterocycles. The van der Waals surface area contributed by atoms with Crippen LogP contribution in [-0.2, 0) is 0 Å². The second kappa shape index (κ2) is 4.20. The van der Waals surface area contributed by atoms with Gasteiger partial charge in [-0.25, -0.2) is 13.2 Å². The van der Waals surface area contributed by atoms with Gasteiger partial charge in [-0.15, -0.1) is 0 Å². The quantitative estimate of drug-likeness (QED) is 0.813. The van der Waals surface area contributed by atoms with Crippen LogP contribution in [0.2, 0.25) is 0 Å². The molecule has 0 unspecified atom stereocenters. The summed E-state index contributed by atoms with van der Waals surface area (Å²) in [5, 5.41) is 8.45. The van der Waals surface area contributed by atoms with Gasteiger partial charge in [0.15, 0.2) is 0 Å². The highest BCUT2D eigenvalue weighted by atomic mass is 19.3. The van der Waals surface area contributed by atoms with E-state index in [0.29, 0.717) is 0 Å². The molecule has 0 aromatic heterocycles. The smallest absolute Gasteiger partial charge is 0.289 e. The standard InChI is InChI=1S/C10H12F3NO/c1-6-4-7(2-3-8(6)11)9(14)10(12,13)5-15/h2-4,9,15H,5,14H2,1H3/t9-/m0/s1. The van der Waals surface area contributed by atoms with Gasteiger partial charge in [-0.2, -0.15) is 0 Å². The lowest BCUT2D eigenvalue weighted by Gasteiger charge is -2.21. The van der Waals surface area contributed by atoms with Crippen molar-refractivity contribution < 1.29 is 18.3 Å². The predicted molar refractivity (Wildman–Crippen MR) is 50.1 cm³/mol. The average molecular weight is 219 g/mol. The van der Waals surface area contributed by atoms with Crippen LogP contribution in [0.4, 0.5) is 13.2 Å². The molecule has 1 aromatic carbocycles. The first kappa shape index (κ1) is 12.0.